The monoisotopic (exact) mass is 477 g/mol. The maximum absolute atomic E-state index is 13.2. The predicted molar refractivity (Wildman–Crippen MR) is 140 cm³/mol. The molecule has 186 valence electrons. The first-order chi connectivity index (χ1) is 16.6. The standard InChI is InChI=1S/C28H35N3O4/c1-7-17-35-23-14-11-21(18-19(23)2)26(32)24-25(20-9-12-22(13-10-20)30(5)6)31(28(34)27(24)33)16-8-15-29(3)4/h7,9-14,18,25,32H,1,8,15-17H2,2-6H3. The van der Waals surface area contributed by atoms with Crippen LogP contribution < -0.4 is 9.64 Å². The molecule has 3 rings (SSSR count). The van der Waals surface area contributed by atoms with Crippen LogP contribution in [0.4, 0.5) is 5.69 Å². The number of ether oxygens (including phenoxy) is 1. The summed E-state index contributed by atoms with van der Waals surface area (Å²) in [5.41, 5.74) is 3.17. The zero-order chi connectivity index (χ0) is 25.7. The van der Waals surface area contributed by atoms with Crippen LogP contribution in [0.2, 0.25) is 0 Å². The Bertz CT molecular complexity index is 1120. The average molecular weight is 478 g/mol. The first-order valence-electron chi connectivity index (χ1n) is 11.7. The zero-order valence-corrected chi connectivity index (χ0v) is 21.2. The molecule has 35 heavy (non-hydrogen) atoms. The van der Waals surface area contributed by atoms with Gasteiger partial charge in [0.25, 0.3) is 11.7 Å². The third-order valence-corrected chi connectivity index (χ3v) is 6.07. The van der Waals surface area contributed by atoms with Gasteiger partial charge in [0.1, 0.15) is 18.1 Å². The minimum Gasteiger partial charge on any atom is -0.507 e. The van der Waals surface area contributed by atoms with E-state index in [4.69, 9.17) is 4.74 Å². The van der Waals surface area contributed by atoms with Crippen molar-refractivity contribution in [3.63, 3.8) is 0 Å². The molecule has 1 atom stereocenters. The van der Waals surface area contributed by atoms with Crippen LogP contribution in [0, 0.1) is 6.92 Å². The van der Waals surface area contributed by atoms with Gasteiger partial charge in [0.05, 0.1) is 11.6 Å². The number of benzene rings is 2. The van der Waals surface area contributed by atoms with E-state index in [0.717, 1.165) is 23.4 Å². The fourth-order valence-electron chi connectivity index (χ4n) is 4.23. The molecule has 2 aromatic rings. The van der Waals surface area contributed by atoms with Crippen LogP contribution in [0.15, 0.2) is 60.7 Å². The zero-order valence-electron chi connectivity index (χ0n) is 21.2. The fourth-order valence-corrected chi connectivity index (χ4v) is 4.23. The Balaban J connectivity index is 2.07. The second-order valence-electron chi connectivity index (χ2n) is 9.22. The molecule has 7 heteroatoms. The molecule has 1 aliphatic rings. The summed E-state index contributed by atoms with van der Waals surface area (Å²) in [7, 11) is 7.84. The molecule has 7 nitrogen and oxygen atoms in total. The Labute approximate surface area is 207 Å². The number of hydrogen-bond acceptors (Lipinski definition) is 6. The van der Waals surface area contributed by atoms with Crippen molar-refractivity contribution >= 4 is 23.1 Å². The van der Waals surface area contributed by atoms with Crippen molar-refractivity contribution in [2.75, 3.05) is 52.8 Å². The quantitative estimate of drug-likeness (QED) is 0.241. The van der Waals surface area contributed by atoms with E-state index in [1.165, 1.54) is 0 Å². The Morgan fingerprint density at radius 2 is 1.80 bits per heavy atom. The maximum Gasteiger partial charge on any atom is 0.295 e. The summed E-state index contributed by atoms with van der Waals surface area (Å²) in [6.45, 7) is 7.08. The van der Waals surface area contributed by atoms with E-state index in [0.29, 0.717) is 30.9 Å². The van der Waals surface area contributed by atoms with Gasteiger partial charge in [-0.15, -0.1) is 0 Å². The van der Waals surface area contributed by atoms with Gasteiger partial charge in [-0.3, -0.25) is 9.59 Å². The molecular weight excluding hydrogens is 442 g/mol. The highest BCUT2D eigenvalue weighted by Crippen LogP contribution is 2.40. The van der Waals surface area contributed by atoms with Gasteiger partial charge >= 0.3 is 0 Å². The van der Waals surface area contributed by atoms with Gasteiger partial charge in [0, 0.05) is 31.9 Å². The summed E-state index contributed by atoms with van der Waals surface area (Å²) in [5, 5.41) is 11.3. The SMILES string of the molecule is C=CCOc1ccc(C(O)=C2C(=O)C(=O)N(CCCN(C)C)C2c2ccc(N(C)C)cc2)cc1C. The lowest BCUT2D eigenvalue weighted by molar-refractivity contribution is -0.139. The summed E-state index contributed by atoms with van der Waals surface area (Å²) in [4.78, 5) is 31.9. The Morgan fingerprint density at radius 1 is 1.11 bits per heavy atom. The number of amides is 1. The van der Waals surface area contributed by atoms with E-state index < -0.39 is 17.7 Å². The number of aryl methyl sites for hydroxylation is 1. The van der Waals surface area contributed by atoms with Gasteiger partial charge < -0.3 is 24.5 Å². The van der Waals surface area contributed by atoms with Crippen molar-refractivity contribution in [1.29, 1.82) is 0 Å². The molecule has 0 aliphatic carbocycles. The van der Waals surface area contributed by atoms with Crippen LogP contribution in [0.5, 0.6) is 5.75 Å². The molecular formula is C28H35N3O4. The molecule has 1 saturated heterocycles. The molecule has 0 aromatic heterocycles. The minimum atomic E-state index is -0.668. The number of aliphatic hydroxyl groups excluding tert-OH is 1. The topological polar surface area (TPSA) is 73.3 Å². The van der Waals surface area contributed by atoms with Crippen molar-refractivity contribution in [1.82, 2.24) is 9.80 Å². The number of anilines is 1. The van der Waals surface area contributed by atoms with E-state index >= 15 is 0 Å². The van der Waals surface area contributed by atoms with Crippen molar-refractivity contribution in [2.45, 2.75) is 19.4 Å². The first-order valence-corrected chi connectivity index (χ1v) is 11.7. The molecule has 2 aromatic carbocycles. The second-order valence-corrected chi connectivity index (χ2v) is 9.22. The number of carbonyl (C=O) groups excluding carboxylic acids is 2. The number of Topliss-reactive ketones (excluding diaryl/α,β-unsaturated/α-hetero) is 1. The average Bonchev–Trinajstić information content (AvgIpc) is 3.07. The summed E-state index contributed by atoms with van der Waals surface area (Å²) >= 11 is 0. The first kappa shape index (κ1) is 26.0. The molecule has 1 fully saturated rings. The molecule has 1 aliphatic heterocycles. The van der Waals surface area contributed by atoms with Gasteiger partial charge in [-0.05, 0) is 75.4 Å². The van der Waals surface area contributed by atoms with Gasteiger partial charge in [-0.2, -0.15) is 0 Å². The van der Waals surface area contributed by atoms with Crippen LogP contribution in [-0.4, -0.2) is 74.5 Å². The highest BCUT2D eigenvalue weighted by molar-refractivity contribution is 6.46. The number of aliphatic hydroxyl groups is 1. The fraction of sp³-hybridized carbons (Fsp3) is 0.357. The van der Waals surface area contributed by atoms with Crippen LogP contribution in [0.25, 0.3) is 5.76 Å². The van der Waals surface area contributed by atoms with E-state index in [1.54, 1.807) is 29.2 Å². The lowest BCUT2D eigenvalue weighted by Gasteiger charge is -2.26. The molecule has 1 N–H and O–H groups in total. The van der Waals surface area contributed by atoms with Crippen molar-refractivity contribution in [3.05, 3.63) is 77.4 Å². The van der Waals surface area contributed by atoms with Crippen molar-refractivity contribution in [3.8, 4) is 5.75 Å². The lowest BCUT2D eigenvalue weighted by Crippen LogP contribution is -2.32. The van der Waals surface area contributed by atoms with Crippen LogP contribution in [-0.2, 0) is 9.59 Å². The number of rotatable bonds is 10. The van der Waals surface area contributed by atoms with E-state index in [-0.39, 0.29) is 11.3 Å². The maximum atomic E-state index is 13.2. The van der Waals surface area contributed by atoms with E-state index in [9.17, 15) is 14.7 Å². The number of carbonyl (C=O) groups is 2. The number of likely N-dealkylation sites (tertiary alicyclic amines) is 1. The van der Waals surface area contributed by atoms with E-state index in [2.05, 4.69) is 6.58 Å². The number of ketones is 1. The molecule has 1 unspecified atom stereocenters. The van der Waals surface area contributed by atoms with Gasteiger partial charge in [-0.1, -0.05) is 24.8 Å². The molecule has 1 amide bonds. The van der Waals surface area contributed by atoms with Crippen molar-refractivity contribution < 1.29 is 19.4 Å². The Hall–Kier alpha value is -3.58. The minimum absolute atomic E-state index is 0.108. The third-order valence-electron chi connectivity index (χ3n) is 6.07. The predicted octanol–water partition coefficient (Wildman–Crippen LogP) is 4.00. The van der Waals surface area contributed by atoms with Crippen LogP contribution >= 0.6 is 0 Å². The van der Waals surface area contributed by atoms with Gasteiger partial charge in [0.15, 0.2) is 0 Å². The highest BCUT2D eigenvalue weighted by Gasteiger charge is 2.45. The number of hydrogen-bond donors (Lipinski definition) is 1. The largest absolute Gasteiger partial charge is 0.507 e. The van der Waals surface area contributed by atoms with Gasteiger partial charge in [-0.25, -0.2) is 0 Å². The van der Waals surface area contributed by atoms with E-state index in [1.807, 2.05) is 69.2 Å². The molecule has 0 bridgehead atoms. The third kappa shape index (κ3) is 5.74. The summed E-state index contributed by atoms with van der Waals surface area (Å²) < 4.78 is 5.63. The second kappa shape index (κ2) is 11.2. The number of nitrogens with zero attached hydrogens (tertiary/aromatic N) is 3. The smallest absolute Gasteiger partial charge is 0.295 e. The Morgan fingerprint density at radius 3 is 2.37 bits per heavy atom. The van der Waals surface area contributed by atoms with Crippen LogP contribution in [0.3, 0.4) is 0 Å². The van der Waals surface area contributed by atoms with Gasteiger partial charge in [0.2, 0.25) is 0 Å². The van der Waals surface area contributed by atoms with Crippen molar-refractivity contribution in [2.24, 2.45) is 0 Å². The molecule has 0 spiro atoms. The lowest BCUT2D eigenvalue weighted by atomic mass is 9.94. The normalized spacial score (nSPS) is 17.2. The summed E-state index contributed by atoms with van der Waals surface area (Å²) in [6, 6.07) is 12.3. The molecule has 0 saturated carbocycles. The highest BCUT2D eigenvalue weighted by atomic mass is 16.5. The summed E-state index contributed by atoms with van der Waals surface area (Å²) in [5.74, 6) is -0.770. The molecule has 0 radical (unpaired) electrons. The summed E-state index contributed by atoms with van der Waals surface area (Å²) in [6.07, 6.45) is 2.37. The molecule has 1 heterocycles. The Kier molecular flexibility index (Phi) is 8.35. The van der Waals surface area contributed by atoms with Crippen LogP contribution in [0.1, 0.15) is 29.2 Å².